The number of nitrogens with zero attached hydrogens (tertiary/aromatic N) is 2. The molecular formula is C22H24N2O. The molecule has 0 N–H and O–H groups in total. The lowest BCUT2D eigenvalue weighted by atomic mass is 10.2. The normalized spacial score (nSPS) is 16.5. The van der Waals surface area contributed by atoms with Crippen LogP contribution in [0.4, 0.5) is 0 Å². The Hall–Kier alpha value is -2.36. The van der Waals surface area contributed by atoms with Gasteiger partial charge in [-0.15, -0.1) is 0 Å². The third-order valence-electron chi connectivity index (χ3n) is 4.84. The summed E-state index contributed by atoms with van der Waals surface area (Å²) < 4.78 is 6.02. The Labute approximate surface area is 149 Å². The molecule has 2 aromatic carbocycles. The Morgan fingerprint density at radius 1 is 0.760 bits per heavy atom. The summed E-state index contributed by atoms with van der Waals surface area (Å²) in [7, 11) is 0. The molecule has 0 spiro atoms. The first kappa shape index (κ1) is 16.1. The zero-order valence-corrected chi connectivity index (χ0v) is 14.6. The molecule has 3 heteroatoms. The molecule has 2 heterocycles. The molecule has 128 valence electrons. The summed E-state index contributed by atoms with van der Waals surface area (Å²) in [4.78, 5) is 5.02. The molecule has 0 unspecified atom stereocenters. The van der Waals surface area contributed by atoms with Gasteiger partial charge in [-0.2, -0.15) is 0 Å². The van der Waals surface area contributed by atoms with Crippen molar-refractivity contribution in [2.75, 3.05) is 13.1 Å². The smallest absolute Gasteiger partial charge is 0.136 e. The van der Waals surface area contributed by atoms with Gasteiger partial charge in [-0.25, -0.2) is 0 Å². The second-order valence-electron chi connectivity index (χ2n) is 6.73. The van der Waals surface area contributed by atoms with Gasteiger partial charge >= 0.3 is 0 Å². The van der Waals surface area contributed by atoms with Crippen molar-refractivity contribution in [3.05, 3.63) is 95.4 Å². The van der Waals surface area contributed by atoms with Gasteiger partial charge in [0.15, 0.2) is 0 Å². The van der Waals surface area contributed by atoms with E-state index in [0.29, 0.717) is 0 Å². The zero-order chi connectivity index (χ0) is 17.1. The minimum Gasteiger partial charge on any atom is -0.463 e. The van der Waals surface area contributed by atoms with Gasteiger partial charge in [0, 0.05) is 26.2 Å². The summed E-state index contributed by atoms with van der Waals surface area (Å²) in [5.74, 6) is 2.02. The summed E-state index contributed by atoms with van der Waals surface area (Å²) >= 11 is 0. The molecule has 4 rings (SSSR count). The predicted molar refractivity (Wildman–Crippen MR) is 99.9 cm³/mol. The van der Waals surface area contributed by atoms with Gasteiger partial charge in [0.1, 0.15) is 17.7 Å². The predicted octanol–water partition coefficient (Wildman–Crippen LogP) is 4.60. The first-order valence-corrected chi connectivity index (χ1v) is 8.92. The first-order chi connectivity index (χ1) is 12.3. The van der Waals surface area contributed by atoms with Crippen molar-refractivity contribution in [3.63, 3.8) is 0 Å². The van der Waals surface area contributed by atoms with E-state index in [1.54, 1.807) is 0 Å². The topological polar surface area (TPSA) is 19.6 Å². The Balaban J connectivity index is 1.58. The maximum Gasteiger partial charge on any atom is 0.136 e. The van der Waals surface area contributed by atoms with Crippen LogP contribution >= 0.6 is 0 Å². The molecule has 1 aliphatic heterocycles. The molecule has 0 bridgehead atoms. The molecule has 1 aromatic heterocycles. The van der Waals surface area contributed by atoms with E-state index in [2.05, 4.69) is 82.6 Å². The standard InChI is InChI=1S/C22H24N2O/c1-18-12-13-21(25-18)22-23(16-19-8-4-2-5-9-19)14-15-24(22)17-20-10-6-3-7-11-20/h2-13,22H,14-17H2,1H3. The first-order valence-electron chi connectivity index (χ1n) is 8.92. The number of hydrogen-bond acceptors (Lipinski definition) is 3. The molecule has 0 aliphatic carbocycles. The molecule has 1 saturated heterocycles. The zero-order valence-electron chi connectivity index (χ0n) is 14.6. The van der Waals surface area contributed by atoms with E-state index in [1.807, 2.05) is 6.92 Å². The second-order valence-corrected chi connectivity index (χ2v) is 6.73. The van der Waals surface area contributed by atoms with Gasteiger partial charge in [0.25, 0.3) is 0 Å². The van der Waals surface area contributed by atoms with Crippen molar-refractivity contribution in [1.29, 1.82) is 0 Å². The van der Waals surface area contributed by atoms with E-state index < -0.39 is 0 Å². The molecule has 0 saturated carbocycles. The molecule has 0 amide bonds. The van der Waals surface area contributed by atoms with Crippen LogP contribution in [0.3, 0.4) is 0 Å². The van der Waals surface area contributed by atoms with Crippen LogP contribution in [0.25, 0.3) is 0 Å². The van der Waals surface area contributed by atoms with Gasteiger partial charge in [0.2, 0.25) is 0 Å². The molecule has 0 radical (unpaired) electrons. The van der Waals surface area contributed by atoms with Crippen molar-refractivity contribution >= 4 is 0 Å². The van der Waals surface area contributed by atoms with Gasteiger partial charge in [0.05, 0.1) is 0 Å². The fourth-order valence-electron chi connectivity index (χ4n) is 3.65. The molecular weight excluding hydrogens is 308 g/mol. The lowest BCUT2D eigenvalue weighted by Gasteiger charge is -2.29. The minimum atomic E-state index is 0.189. The van der Waals surface area contributed by atoms with Crippen molar-refractivity contribution < 1.29 is 4.42 Å². The van der Waals surface area contributed by atoms with E-state index in [0.717, 1.165) is 37.7 Å². The molecule has 1 fully saturated rings. The average molecular weight is 332 g/mol. The largest absolute Gasteiger partial charge is 0.463 e. The molecule has 3 aromatic rings. The summed E-state index contributed by atoms with van der Waals surface area (Å²) in [5, 5.41) is 0. The number of benzene rings is 2. The monoisotopic (exact) mass is 332 g/mol. The molecule has 1 aliphatic rings. The van der Waals surface area contributed by atoms with Crippen molar-refractivity contribution in [1.82, 2.24) is 9.80 Å². The molecule has 25 heavy (non-hydrogen) atoms. The number of aryl methyl sites for hydroxylation is 1. The van der Waals surface area contributed by atoms with Crippen LogP contribution in [0.1, 0.15) is 28.8 Å². The van der Waals surface area contributed by atoms with Crippen LogP contribution in [0.5, 0.6) is 0 Å². The highest BCUT2D eigenvalue weighted by atomic mass is 16.3. The third kappa shape index (κ3) is 3.68. The lowest BCUT2D eigenvalue weighted by molar-refractivity contribution is 0.103. The van der Waals surface area contributed by atoms with Gasteiger partial charge in [-0.05, 0) is 30.2 Å². The van der Waals surface area contributed by atoms with Gasteiger partial charge < -0.3 is 4.42 Å². The SMILES string of the molecule is Cc1ccc(C2N(Cc3ccccc3)CCN2Cc2ccccc2)o1. The minimum absolute atomic E-state index is 0.189. The fourth-order valence-corrected chi connectivity index (χ4v) is 3.65. The maximum absolute atomic E-state index is 6.02. The van der Waals surface area contributed by atoms with Crippen LogP contribution in [-0.4, -0.2) is 22.9 Å². The van der Waals surface area contributed by atoms with E-state index in [1.165, 1.54) is 11.1 Å². The summed E-state index contributed by atoms with van der Waals surface area (Å²) in [6.45, 7) is 5.99. The summed E-state index contributed by atoms with van der Waals surface area (Å²) in [5.41, 5.74) is 2.69. The number of rotatable bonds is 5. The third-order valence-corrected chi connectivity index (χ3v) is 4.84. The van der Waals surface area contributed by atoms with E-state index >= 15 is 0 Å². The number of hydrogen-bond donors (Lipinski definition) is 0. The van der Waals surface area contributed by atoms with Gasteiger partial charge in [-0.1, -0.05) is 60.7 Å². The highest BCUT2D eigenvalue weighted by molar-refractivity contribution is 5.19. The average Bonchev–Trinajstić information content (AvgIpc) is 3.23. The van der Waals surface area contributed by atoms with Crippen molar-refractivity contribution in [3.8, 4) is 0 Å². The fraction of sp³-hybridized carbons (Fsp3) is 0.273. The summed E-state index contributed by atoms with van der Waals surface area (Å²) in [6.07, 6.45) is 0.189. The molecule has 3 nitrogen and oxygen atoms in total. The highest BCUT2D eigenvalue weighted by Gasteiger charge is 2.35. The van der Waals surface area contributed by atoms with Gasteiger partial charge in [-0.3, -0.25) is 9.80 Å². The Morgan fingerprint density at radius 2 is 1.28 bits per heavy atom. The van der Waals surface area contributed by atoms with Crippen LogP contribution in [0.2, 0.25) is 0 Å². The Kier molecular flexibility index (Phi) is 4.68. The quantitative estimate of drug-likeness (QED) is 0.680. The maximum atomic E-state index is 6.02. The Bertz CT molecular complexity index is 748. The Morgan fingerprint density at radius 3 is 1.72 bits per heavy atom. The van der Waals surface area contributed by atoms with Crippen LogP contribution < -0.4 is 0 Å². The van der Waals surface area contributed by atoms with Crippen LogP contribution in [-0.2, 0) is 13.1 Å². The molecule has 0 atom stereocenters. The van der Waals surface area contributed by atoms with Crippen LogP contribution in [0, 0.1) is 6.92 Å². The van der Waals surface area contributed by atoms with Crippen molar-refractivity contribution in [2.45, 2.75) is 26.2 Å². The lowest BCUT2D eigenvalue weighted by Crippen LogP contribution is -2.30. The second kappa shape index (κ2) is 7.26. The highest BCUT2D eigenvalue weighted by Crippen LogP contribution is 2.33. The number of furan rings is 1. The summed E-state index contributed by atoms with van der Waals surface area (Å²) in [6, 6.07) is 25.6. The van der Waals surface area contributed by atoms with E-state index in [9.17, 15) is 0 Å². The van der Waals surface area contributed by atoms with E-state index in [-0.39, 0.29) is 6.17 Å². The van der Waals surface area contributed by atoms with Crippen molar-refractivity contribution in [2.24, 2.45) is 0 Å². The van der Waals surface area contributed by atoms with E-state index in [4.69, 9.17) is 4.42 Å². The van der Waals surface area contributed by atoms with Crippen LogP contribution in [0.15, 0.2) is 77.2 Å².